The highest BCUT2D eigenvalue weighted by atomic mass is 19.4. The zero-order valence-corrected chi connectivity index (χ0v) is 24.7. The van der Waals surface area contributed by atoms with E-state index in [0.717, 1.165) is 43.0 Å². The van der Waals surface area contributed by atoms with E-state index in [9.17, 15) is 39.5 Å². The molecular formula is C30H33F9N6. The maximum Gasteiger partial charge on any atom is 0.416 e. The Labute approximate surface area is 254 Å². The number of hydrogen-bond donors (Lipinski definition) is 0. The van der Waals surface area contributed by atoms with Crippen LogP contribution in [0.4, 0.5) is 51.1 Å². The lowest BCUT2D eigenvalue weighted by atomic mass is 9.88. The van der Waals surface area contributed by atoms with Crippen molar-refractivity contribution in [1.82, 2.24) is 20.2 Å². The lowest BCUT2D eigenvalue weighted by Crippen LogP contribution is -2.32. The van der Waals surface area contributed by atoms with Gasteiger partial charge in [0.2, 0.25) is 0 Å². The molecule has 2 aromatic carbocycles. The molecule has 5 rings (SSSR count). The third-order valence-corrected chi connectivity index (χ3v) is 8.62. The van der Waals surface area contributed by atoms with Gasteiger partial charge in [0.15, 0.2) is 0 Å². The number of rotatable bonds is 6. The van der Waals surface area contributed by atoms with Gasteiger partial charge in [-0.3, -0.25) is 0 Å². The molecule has 0 spiro atoms. The molecule has 1 aromatic heterocycles. The van der Waals surface area contributed by atoms with E-state index in [1.807, 2.05) is 4.90 Å². The van der Waals surface area contributed by atoms with Crippen LogP contribution in [0.25, 0.3) is 0 Å². The van der Waals surface area contributed by atoms with E-state index in [1.54, 1.807) is 0 Å². The molecule has 3 aromatic rings. The van der Waals surface area contributed by atoms with Gasteiger partial charge in [0.25, 0.3) is 5.95 Å². The first kappa shape index (κ1) is 32.9. The van der Waals surface area contributed by atoms with E-state index in [0.29, 0.717) is 55.2 Å². The number of benzene rings is 2. The smallest absolute Gasteiger partial charge is 0.371 e. The number of fused-ring (bicyclic) bond motifs is 1. The van der Waals surface area contributed by atoms with Gasteiger partial charge in [-0.1, -0.05) is 30.4 Å². The van der Waals surface area contributed by atoms with Crippen LogP contribution in [-0.4, -0.2) is 33.3 Å². The zero-order valence-electron chi connectivity index (χ0n) is 24.7. The fourth-order valence-corrected chi connectivity index (χ4v) is 6.53. The standard InChI is InChI=1S/C30H33F9N6/c1-18-11-23-25(9-6-10-44(16-19-7-4-3-5-8-19)26(23)15-24(18)30(37,38)39)45(27-40-42-43(2)41-27)17-20-12-21(28(31,32)33)14-22(13-20)29(34,35)36/h11-15,19,25H,3-10,16-17H2,1-2H3/t25-/m0/s1. The third kappa shape index (κ3) is 7.49. The summed E-state index contributed by atoms with van der Waals surface area (Å²) in [5, 5.41) is 12.0. The van der Waals surface area contributed by atoms with Gasteiger partial charge in [0.05, 0.1) is 29.8 Å². The summed E-state index contributed by atoms with van der Waals surface area (Å²) in [6, 6.07) is 3.12. The second kappa shape index (κ2) is 12.3. The first-order valence-electron chi connectivity index (χ1n) is 14.8. The van der Waals surface area contributed by atoms with E-state index >= 15 is 0 Å². The molecule has 246 valence electrons. The van der Waals surface area contributed by atoms with E-state index in [4.69, 9.17) is 0 Å². The van der Waals surface area contributed by atoms with Crippen molar-refractivity contribution in [2.75, 3.05) is 22.9 Å². The number of aromatic nitrogens is 4. The number of anilines is 2. The Morgan fingerprint density at radius 1 is 0.800 bits per heavy atom. The van der Waals surface area contributed by atoms with Gasteiger partial charge in [-0.15, -0.1) is 5.10 Å². The van der Waals surface area contributed by atoms with Crippen LogP contribution < -0.4 is 9.80 Å². The molecule has 0 radical (unpaired) electrons. The summed E-state index contributed by atoms with van der Waals surface area (Å²) in [5.41, 5.74) is -3.27. The average Bonchev–Trinajstić information content (AvgIpc) is 3.30. The summed E-state index contributed by atoms with van der Waals surface area (Å²) >= 11 is 0. The predicted molar refractivity (Wildman–Crippen MR) is 148 cm³/mol. The van der Waals surface area contributed by atoms with Gasteiger partial charge >= 0.3 is 18.5 Å². The molecule has 0 N–H and O–H groups in total. The van der Waals surface area contributed by atoms with Gasteiger partial charge in [-0.05, 0) is 84.7 Å². The normalized spacial score (nSPS) is 18.6. The lowest BCUT2D eigenvalue weighted by molar-refractivity contribution is -0.143. The topological polar surface area (TPSA) is 50.1 Å². The number of aryl methyl sites for hydroxylation is 2. The van der Waals surface area contributed by atoms with Crippen LogP contribution in [0.15, 0.2) is 30.3 Å². The van der Waals surface area contributed by atoms with Crippen LogP contribution in [0.2, 0.25) is 0 Å². The van der Waals surface area contributed by atoms with Crippen LogP contribution in [0.3, 0.4) is 0 Å². The molecule has 1 atom stereocenters. The van der Waals surface area contributed by atoms with E-state index in [1.165, 1.54) is 24.9 Å². The summed E-state index contributed by atoms with van der Waals surface area (Å²) in [6.45, 7) is 1.84. The molecule has 15 heteroatoms. The Balaban J connectivity index is 1.64. The molecule has 2 aliphatic rings. The van der Waals surface area contributed by atoms with Crippen LogP contribution in [0, 0.1) is 12.8 Å². The summed E-state index contributed by atoms with van der Waals surface area (Å²) < 4.78 is 125. The van der Waals surface area contributed by atoms with Gasteiger partial charge in [-0.2, -0.15) is 44.3 Å². The quantitative estimate of drug-likeness (QED) is 0.251. The van der Waals surface area contributed by atoms with Crippen molar-refractivity contribution in [1.29, 1.82) is 0 Å². The first-order chi connectivity index (χ1) is 21.0. The summed E-state index contributed by atoms with van der Waals surface area (Å²) in [4.78, 5) is 4.49. The van der Waals surface area contributed by atoms with Crippen molar-refractivity contribution in [2.24, 2.45) is 13.0 Å². The number of nitrogens with zero attached hydrogens (tertiary/aromatic N) is 6. The Bertz CT molecular complexity index is 1460. The first-order valence-corrected chi connectivity index (χ1v) is 14.8. The molecule has 0 unspecified atom stereocenters. The predicted octanol–water partition coefficient (Wildman–Crippen LogP) is 8.50. The highest BCUT2D eigenvalue weighted by Crippen LogP contribution is 2.45. The Hall–Kier alpha value is -3.52. The Morgan fingerprint density at radius 3 is 2.00 bits per heavy atom. The van der Waals surface area contributed by atoms with E-state index < -0.39 is 47.8 Å². The van der Waals surface area contributed by atoms with Gasteiger partial charge < -0.3 is 9.80 Å². The third-order valence-electron chi connectivity index (χ3n) is 8.62. The minimum Gasteiger partial charge on any atom is -0.371 e. The fraction of sp³-hybridized carbons (Fsp3) is 0.567. The van der Waals surface area contributed by atoms with E-state index in [2.05, 4.69) is 15.4 Å². The molecule has 2 heterocycles. The second-order valence-electron chi connectivity index (χ2n) is 12.0. The number of alkyl halides is 9. The molecule has 0 saturated heterocycles. The van der Waals surface area contributed by atoms with Crippen molar-refractivity contribution >= 4 is 11.6 Å². The van der Waals surface area contributed by atoms with Crippen LogP contribution in [0.5, 0.6) is 0 Å². The molecule has 45 heavy (non-hydrogen) atoms. The largest absolute Gasteiger partial charge is 0.416 e. The minimum atomic E-state index is -5.05. The maximum absolute atomic E-state index is 14.1. The highest BCUT2D eigenvalue weighted by Gasteiger charge is 2.39. The van der Waals surface area contributed by atoms with Crippen LogP contribution in [0.1, 0.15) is 84.4 Å². The van der Waals surface area contributed by atoms with Crippen LogP contribution >= 0.6 is 0 Å². The van der Waals surface area contributed by atoms with Gasteiger partial charge in [0.1, 0.15) is 0 Å². The summed E-state index contributed by atoms with van der Waals surface area (Å²) in [7, 11) is 1.45. The van der Waals surface area contributed by atoms with Crippen LogP contribution in [-0.2, 0) is 32.1 Å². The molecule has 0 amide bonds. The molecule has 1 fully saturated rings. The maximum atomic E-state index is 14.1. The second-order valence-corrected chi connectivity index (χ2v) is 12.0. The molecule has 1 aliphatic carbocycles. The van der Waals surface area contributed by atoms with Crippen molar-refractivity contribution in [3.63, 3.8) is 0 Å². The SMILES string of the molecule is Cc1cc2c(cc1C(F)(F)F)N(CC1CCCCC1)CCC[C@@H]2N(Cc1cc(C(F)(F)F)cc(C(F)(F)F)c1)c1nnn(C)n1. The van der Waals surface area contributed by atoms with Gasteiger partial charge in [0, 0.05) is 25.3 Å². The monoisotopic (exact) mass is 648 g/mol. The number of halogens is 9. The van der Waals surface area contributed by atoms with Crippen molar-refractivity contribution in [2.45, 2.75) is 83.0 Å². The molecular weight excluding hydrogens is 615 g/mol. The number of hydrogen-bond acceptors (Lipinski definition) is 5. The highest BCUT2D eigenvalue weighted by molar-refractivity contribution is 5.62. The molecule has 0 bridgehead atoms. The van der Waals surface area contributed by atoms with Crippen molar-refractivity contribution in [3.05, 3.63) is 63.7 Å². The lowest BCUT2D eigenvalue weighted by Gasteiger charge is -2.35. The Morgan fingerprint density at radius 2 is 1.44 bits per heavy atom. The fourth-order valence-electron chi connectivity index (χ4n) is 6.53. The number of tetrazole rings is 1. The summed E-state index contributed by atoms with van der Waals surface area (Å²) in [5.74, 6) is 0.222. The average molecular weight is 649 g/mol. The molecule has 1 aliphatic heterocycles. The zero-order chi connectivity index (χ0) is 32.7. The summed E-state index contributed by atoms with van der Waals surface area (Å²) in [6.07, 6.45) is -8.79. The van der Waals surface area contributed by atoms with Crippen molar-refractivity contribution in [3.8, 4) is 0 Å². The van der Waals surface area contributed by atoms with E-state index in [-0.39, 0.29) is 23.1 Å². The molecule has 1 saturated carbocycles. The van der Waals surface area contributed by atoms with Crippen molar-refractivity contribution < 1.29 is 39.5 Å². The molecule has 6 nitrogen and oxygen atoms in total. The van der Waals surface area contributed by atoms with Gasteiger partial charge in [-0.25, -0.2) is 0 Å². The minimum absolute atomic E-state index is 0.0451. The Kier molecular flexibility index (Phi) is 9.02.